The van der Waals surface area contributed by atoms with Crippen LogP contribution in [0.15, 0.2) is 89.3 Å². The SMILES string of the molecule is COc1ccc([C@H]2CC(=O)C3=C(C2)NC(C)=C(C(=O)Nc2ccccc2C)[C@@H]3c2ccc(F)cc2)cc1OC. The molecule has 0 fully saturated rings. The maximum atomic E-state index is 13.9. The van der Waals surface area contributed by atoms with Crippen LogP contribution in [0.3, 0.4) is 0 Å². The second-order valence-corrected chi connectivity index (χ2v) is 9.95. The fourth-order valence-electron chi connectivity index (χ4n) is 5.57. The Morgan fingerprint density at radius 3 is 2.31 bits per heavy atom. The number of carbonyl (C=O) groups is 2. The summed E-state index contributed by atoms with van der Waals surface area (Å²) in [4.78, 5) is 27.6. The molecule has 39 heavy (non-hydrogen) atoms. The maximum Gasteiger partial charge on any atom is 0.254 e. The molecular formula is C32H31FN2O4. The highest BCUT2D eigenvalue weighted by Gasteiger charge is 2.41. The minimum absolute atomic E-state index is 0.0495. The number of benzene rings is 3. The van der Waals surface area contributed by atoms with Crippen LogP contribution in [0.5, 0.6) is 11.5 Å². The first-order chi connectivity index (χ1) is 18.8. The Bertz CT molecular complexity index is 1510. The number of halogens is 1. The number of dihydropyridines is 1. The first-order valence-electron chi connectivity index (χ1n) is 12.9. The van der Waals surface area contributed by atoms with Crippen molar-refractivity contribution in [1.82, 2.24) is 5.32 Å². The van der Waals surface area contributed by atoms with Gasteiger partial charge in [-0.1, -0.05) is 36.4 Å². The zero-order valence-corrected chi connectivity index (χ0v) is 22.4. The molecule has 5 rings (SSSR count). The number of aryl methyl sites for hydroxylation is 1. The third-order valence-corrected chi connectivity index (χ3v) is 7.55. The first kappa shape index (κ1) is 26.2. The van der Waals surface area contributed by atoms with E-state index in [0.29, 0.717) is 46.0 Å². The van der Waals surface area contributed by atoms with E-state index in [1.54, 1.807) is 26.4 Å². The number of ether oxygens (including phenoxy) is 2. The van der Waals surface area contributed by atoms with Gasteiger partial charge in [0.25, 0.3) is 5.91 Å². The monoisotopic (exact) mass is 526 g/mol. The van der Waals surface area contributed by atoms with Crippen molar-refractivity contribution in [3.63, 3.8) is 0 Å². The number of anilines is 1. The summed E-state index contributed by atoms with van der Waals surface area (Å²) in [5.41, 5.74) is 5.73. The van der Waals surface area contributed by atoms with Gasteiger partial charge in [0.15, 0.2) is 17.3 Å². The highest BCUT2D eigenvalue weighted by Crippen LogP contribution is 2.46. The van der Waals surface area contributed by atoms with Crippen LogP contribution in [0, 0.1) is 12.7 Å². The molecule has 1 amide bonds. The molecule has 1 heterocycles. The van der Waals surface area contributed by atoms with E-state index in [0.717, 1.165) is 16.8 Å². The van der Waals surface area contributed by atoms with Crippen LogP contribution < -0.4 is 20.1 Å². The van der Waals surface area contributed by atoms with E-state index in [4.69, 9.17) is 9.47 Å². The molecular weight excluding hydrogens is 495 g/mol. The van der Waals surface area contributed by atoms with Gasteiger partial charge in [0.1, 0.15) is 5.82 Å². The standard InChI is InChI=1S/C32H31FN2O4/c1-18-7-5-6-8-24(18)35-32(37)29-19(2)34-25-15-22(21-11-14-27(38-3)28(17-21)39-4)16-26(36)31(25)30(29)20-9-12-23(33)13-10-20/h5-14,17,22,30,34H,15-16H2,1-4H3,(H,35,37)/t22-,30+/m1/s1. The number of allylic oxidation sites excluding steroid dienone is 3. The molecule has 0 saturated carbocycles. The molecule has 2 aliphatic rings. The summed E-state index contributed by atoms with van der Waals surface area (Å²) in [7, 11) is 3.17. The van der Waals surface area contributed by atoms with Gasteiger partial charge in [-0.05, 0) is 73.2 Å². The van der Waals surface area contributed by atoms with E-state index < -0.39 is 5.92 Å². The summed E-state index contributed by atoms with van der Waals surface area (Å²) in [6.07, 6.45) is 0.859. The second-order valence-electron chi connectivity index (χ2n) is 9.95. The van der Waals surface area contributed by atoms with E-state index >= 15 is 0 Å². The quantitative estimate of drug-likeness (QED) is 0.403. The van der Waals surface area contributed by atoms with Crippen LogP contribution in [-0.4, -0.2) is 25.9 Å². The van der Waals surface area contributed by atoms with Gasteiger partial charge in [0, 0.05) is 40.6 Å². The molecule has 2 N–H and O–H groups in total. The number of amides is 1. The summed E-state index contributed by atoms with van der Waals surface area (Å²) in [5, 5.41) is 6.41. The Labute approximate surface area is 227 Å². The molecule has 200 valence electrons. The van der Waals surface area contributed by atoms with E-state index in [2.05, 4.69) is 10.6 Å². The average Bonchev–Trinajstić information content (AvgIpc) is 2.93. The minimum Gasteiger partial charge on any atom is -0.493 e. The molecule has 2 atom stereocenters. The molecule has 3 aromatic rings. The minimum atomic E-state index is -0.621. The van der Waals surface area contributed by atoms with E-state index in [1.807, 2.05) is 56.3 Å². The van der Waals surface area contributed by atoms with Gasteiger partial charge in [-0.2, -0.15) is 0 Å². The van der Waals surface area contributed by atoms with Gasteiger partial charge in [-0.25, -0.2) is 4.39 Å². The predicted molar refractivity (Wildman–Crippen MR) is 148 cm³/mol. The number of ketones is 1. The molecule has 7 heteroatoms. The van der Waals surface area contributed by atoms with E-state index in [-0.39, 0.29) is 29.8 Å². The highest BCUT2D eigenvalue weighted by atomic mass is 19.1. The van der Waals surface area contributed by atoms with Crippen LogP contribution >= 0.6 is 0 Å². The van der Waals surface area contributed by atoms with Crippen LogP contribution in [0.2, 0.25) is 0 Å². The van der Waals surface area contributed by atoms with Gasteiger partial charge in [0.2, 0.25) is 0 Å². The van der Waals surface area contributed by atoms with Gasteiger partial charge in [0.05, 0.1) is 14.2 Å². The fourth-order valence-corrected chi connectivity index (χ4v) is 5.57. The molecule has 1 aliphatic heterocycles. The smallest absolute Gasteiger partial charge is 0.254 e. The summed E-state index contributed by atoms with van der Waals surface area (Å²) in [5.74, 6) is -0.196. The molecule has 0 saturated heterocycles. The van der Waals surface area contributed by atoms with Crippen molar-refractivity contribution < 1.29 is 23.5 Å². The average molecular weight is 527 g/mol. The summed E-state index contributed by atoms with van der Waals surface area (Å²) >= 11 is 0. The number of rotatable bonds is 6. The lowest BCUT2D eigenvalue weighted by Gasteiger charge is -2.37. The van der Waals surface area contributed by atoms with Crippen molar-refractivity contribution in [3.8, 4) is 11.5 Å². The second kappa shape index (κ2) is 10.8. The summed E-state index contributed by atoms with van der Waals surface area (Å²) < 4.78 is 24.7. The summed E-state index contributed by atoms with van der Waals surface area (Å²) in [6.45, 7) is 3.77. The van der Waals surface area contributed by atoms with Crippen LogP contribution in [0.4, 0.5) is 10.1 Å². The number of hydrogen-bond donors (Lipinski definition) is 2. The fraction of sp³-hybridized carbons (Fsp3) is 0.250. The maximum absolute atomic E-state index is 13.9. The molecule has 0 unspecified atom stereocenters. The van der Waals surface area contributed by atoms with Crippen LogP contribution in [0.1, 0.15) is 48.3 Å². The van der Waals surface area contributed by atoms with Gasteiger partial charge >= 0.3 is 0 Å². The van der Waals surface area contributed by atoms with Gasteiger partial charge in [-0.3, -0.25) is 9.59 Å². The number of methoxy groups -OCH3 is 2. The lowest BCUT2D eigenvalue weighted by atomic mass is 9.71. The third kappa shape index (κ3) is 5.04. The molecule has 0 bridgehead atoms. The van der Waals surface area contributed by atoms with E-state index in [9.17, 15) is 14.0 Å². The largest absolute Gasteiger partial charge is 0.493 e. The van der Waals surface area contributed by atoms with Gasteiger partial charge < -0.3 is 20.1 Å². The molecule has 1 aliphatic carbocycles. The zero-order chi connectivity index (χ0) is 27.7. The Kier molecular flexibility index (Phi) is 7.24. The third-order valence-electron chi connectivity index (χ3n) is 7.55. The zero-order valence-electron chi connectivity index (χ0n) is 22.4. The van der Waals surface area contributed by atoms with Crippen molar-refractivity contribution in [2.45, 2.75) is 38.5 Å². The lowest BCUT2D eigenvalue weighted by molar-refractivity contribution is -0.116. The Morgan fingerprint density at radius 2 is 1.62 bits per heavy atom. The Hall–Kier alpha value is -4.39. The summed E-state index contributed by atoms with van der Waals surface area (Å²) in [6, 6.07) is 19.3. The lowest BCUT2D eigenvalue weighted by Crippen LogP contribution is -2.37. The highest BCUT2D eigenvalue weighted by molar-refractivity contribution is 6.10. The normalized spacial score (nSPS) is 18.8. The first-order valence-corrected chi connectivity index (χ1v) is 12.9. The Morgan fingerprint density at radius 1 is 0.923 bits per heavy atom. The van der Waals surface area contributed by atoms with Crippen LogP contribution in [0.25, 0.3) is 0 Å². The Balaban J connectivity index is 1.55. The molecule has 6 nitrogen and oxygen atoms in total. The number of Topliss-reactive ketones (excluding diaryl/α,β-unsaturated/α-hetero) is 1. The van der Waals surface area contributed by atoms with Crippen molar-refractivity contribution in [2.24, 2.45) is 0 Å². The predicted octanol–water partition coefficient (Wildman–Crippen LogP) is 6.15. The molecule has 0 aromatic heterocycles. The van der Waals surface area contributed by atoms with E-state index in [1.165, 1.54) is 12.1 Å². The van der Waals surface area contributed by atoms with Crippen molar-refractivity contribution in [1.29, 1.82) is 0 Å². The number of para-hydroxylation sites is 1. The van der Waals surface area contributed by atoms with Gasteiger partial charge in [-0.15, -0.1) is 0 Å². The van der Waals surface area contributed by atoms with Crippen molar-refractivity contribution in [2.75, 3.05) is 19.5 Å². The molecule has 0 radical (unpaired) electrons. The molecule has 3 aromatic carbocycles. The molecule has 0 spiro atoms. The van der Waals surface area contributed by atoms with Crippen LogP contribution in [-0.2, 0) is 9.59 Å². The number of carbonyl (C=O) groups excluding carboxylic acids is 2. The number of hydrogen-bond acceptors (Lipinski definition) is 5. The van der Waals surface area contributed by atoms with Crippen molar-refractivity contribution >= 4 is 17.4 Å². The van der Waals surface area contributed by atoms with Crippen molar-refractivity contribution in [3.05, 3.63) is 112 Å². The number of nitrogens with one attached hydrogen (secondary N) is 2. The topological polar surface area (TPSA) is 76.7 Å².